The minimum Gasteiger partial charge on any atom is -0.460 e. The van der Waals surface area contributed by atoms with Gasteiger partial charge in [-0.2, -0.15) is 0 Å². The zero-order valence-electron chi connectivity index (χ0n) is 8.14. The normalized spacial score (nSPS) is 14.7. The Morgan fingerprint density at radius 1 is 1.67 bits per heavy atom. The first-order valence-corrected chi connectivity index (χ1v) is 5.38. The number of rotatable bonds is 3. The number of hydrogen-bond acceptors (Lipinski definition) is 6. The Morgan fingerprint density at radius 3 is 3.20 bits per heavy atom. The largest absolute Gasteiger partial charge is 0.460 e. The van der Waals surface area contributed by atoms with E-state index in [1.54, 1.807) is 13.1 Å². The molecule has 0 aliphatic carbocycles. The fourth-order valence-electron chi connectivity index (χ4n) is 1.14. The number of aromatic nitrogens is 1. The van der Waals surface area contributed by atoms with Gasteiger partial charge in [0.05, 0.1) is 13.2 Å². The molecule has 0 saturated carbocycles. The molecule has 1 aromatic rings. The van der Waals surface area contributed by atoms with E-state index in [1.165, 1.54) is 11.3 Å². The Morgan fingerprint density at radius 2 is 2.53 bits per heavy atom. The van der Waals surface area contributed by atoms with Crippen LogP contribution in [0.25, 0.3) is 0 Å². The van der Waals surface area contributed by atoms with Crippen LogP contribution < -0.4 is 0 Å². The number of aliphatic imine (C=N–C) groups is 2. The topological polar surface area (TPSA) is 63.9 Å². The molecule has 0 fully saturated rings. The number of hydrogen-bond donors (Lipinski definition) is 0. The van der Waals surface area contributed by atoms with Crippen molar-refractivity contribution in [1.29, 1.82) is 0 Å². The predicted octanol–water partition coefficient (Wildman–Crippen LogP) is 0.907. The fourth-order valence-corrected chi connectivity index (χ4v) is 1.75. The van der Waals surface area contributed by atoms with Gasteiger partial charge < -0.3 is 4.74 Å². The SMILES string of the molecule is CCOC(=O)C1=NCC(c2nccs2)=N1. The van der Waals surface area contributed by atoms with Crippen LogP contribution in [0.1, 0.15) is 11.9 Å². The lowest BCUT2D eigenvalue weighted by molar-refractivity contribution is -0.135. The summed E-state index contributed by atoms with van der Waals surface area (Å²) >= 11 is 1.48. The molecular formula is C9H9N3O2S. The van der Waals surface area contributed by atoms with Crippen molar-refractivity contribution in [3.05, 3.63) is 16.6 Å². The smallest absolute Gasteiger partial charge is 0.375 e. The minimum atomic E-state index is -0.468. The van der Waals surface area contributed by atoms with Gasteiger partial charge in [0.25, 0.3) is 0 Å². The Bertz CT molecular complexity index is 423. The third kappa shape index (κ3) is 2.10. The van der Waals surface area contributed by atoms with Crippen molar-refractivity contribution in [2.75, 3.05) is 13.2 Å². The zero-order chi connectivity index (χ0) is 10.7. The second-order valence-corrected chi connectivity index (χ2v) is 3.65. The number of carbonyl (C=O) groups is 1. The van der Waals surface area contributed by atoms with Crippen molar-refractivity contribution in [3.8, 4) is 0 Å². The minimum absolute atomic E-state index is 0.141. The molecule has 2 rings (SSSR count). The lowest BCUT2D eigenvalue weighted by atomic mass is 10.4. The molecule has 0 N–H and O–H groups in total. The zero-order valence-corrected chi connectivity index (χ0v) is 8.95. The third-order valence-electron chi connectivity index (χ3n) is 1.76. The van der Waals surface area contributed by atoms with Crippen LogP contribution in [0.15, 0.2) is 21.6 Å². The van der Waals surface area contributed by atoms with Crippen molar-refractivity contribution in [3.63, 3.8) is 0 Å². The van der Waals surface area contributed by atoms with Crippen LogP contribution in [0.5, 0.6) is 0 Å². The van der Waals surface area contributed by atoms with Gasteiger partial charge in [0.15, 0.2) is 0 Å². The van der Waals surface area contributed by atoms with Gasteiger partial charge in [0.1, 0.15) is 10.7 Å². The molecule has 0 unspecified atom stereocenters. The molecule has 1 aliphatic heterocycles. The van der Waals surface area contributed by atoms with Crippen LogP contribution >= 0.6 is 11.3 Å². The van der Waals surface area contributed by atoms with Crippen molar-refractivity contribution in [1.82, 2.24) is 4.98 Å². The average Bonchev–Trinajstić information content (AvgIpc) is 2.89. The number of thiazole rings is 1. The number of nitrogens with zero attached hydrogens (tertiary/aromatic N) is 3. The molecule has 0 spiro atoms. The van der Waals surface area contributed by atoms with E-state index in [9.17, 15) is 4.79 Å². The van der Waals surface area contributed by atoms with E-state index in [4.69, 9.17) is 4.74 Å². The molecule has 0 radical (unpaired) electrons. The molecular weight excluding hydrogens is 214 g/mol. The molecule has 2 heterocycles. The van der Waals surface area contributed by atoms with Crippen LogP contribution in [0.4, 0.5) is 0 Å². The van der Waals surface area contributed by atoms with Crippen LogP contribution in [0.2, 0.25) is 0 Å². The van der Waals surface area contributed by atoms with Gasteiger partial charge in [-0.25, -0.2) is 14.8 Å². The summed E-state index contributed by atoms with van der Waals surface area (Å²) in [6.07, 6.45) is 1.70. The summed E-state index contributed by atoms with van der Waals surface area (Å²) in [6, 6.07) is 0. The first kappa shape index (κ1) is 9.97. The Balaban J connectivity index is 2.10. The van der Waals surface area contributed by atoms with Gasteiger partial charge in [0.2, 0.25) is 5.84 Å². The highest BCUT2D eigenvalue weighted by atomic mass is 32.1. The summed E-state index contributed by atoms with van der Waals surface area (Å²) < 4.78 is 4.80. The molecule has 1 aliphatic rings. The first-order chi connectivity index (χ1) is 7.31. The van der Waals surface area contributed by atoms with Crippen molar-refractivity contribution < 1.29 is 9.53 Å². The van der Waals surface area contributed by atoms with Crippen LogP contribution in [-0.4, -0.2) is 35.7 Å². The van der Waals surface area contributed by atoms with Crippen molar-refractivity contribution in [2.24, 2.45) is 9.98 Å². The van der Waals surface area contributed by atoms with E-state index in [-0.39, 0.29) is 5.84 Å². The van der Waals surface area contributed by atoms with Gasteiger partial charge >= 0.3 is 5.97 Å². The number of carbonyl (C=O) groups excluding carboxylic acids is 1. The van der Waals surface area contributed by atoms with E-state index in [0.717, 1.165) is 10.7 Å². The highest BCUT2D eigenvalue weighted by molar-refractivity contribution is 7.11. The summed E-state index contributed by atoms with van der Waals surface area (Å²) in [4.78, 5) is 23.5. The van der Waals surface area contributed by atoms with E-state index in [1.807, 2.05) is 5.38 Å². The summed E-state index contributed by atoms with van der Waals surface area (Å²) in [6.45, 7) is 2.49. The molecule has 78 valence electrons. The lowest BCUT2D eigenvalue weighted by Gasteiger charge is -1.96. The first-order valence-electron chi connectivity index (χ1n) is 4.50. The van der Waals surface area contributed by atoms with Gasteiger partial charge in [0, 0.05) is 11.6 Å². The average molecular weight is 223 g/mol. The molecule has 0 saturated heterocycles. The van der Waals surface area contributed by atoms with Crippen LogP contribution in [-0.2, 0) is 9.53 Å². The highest BCUT2D eigenvalue weighted by Crippen LogP contribution is 2.10. The van der Waals surface area contributed by atoms with E-state index < -0.39 is 5.97 Å². The highest BCUT2D eigenvalue weighted by Gasteiger charge is 2.20. The lowest BCUT2D eigenvalue weighted by Crippen LogP contribution is -2.14. The number of esters is 1. The van der Waals surface area contributed by atoms with Crippen molar-refractivity contribution in [2.45, 2.75) is 6.92 Å². The summed E-state index contributed by atoms with van der Waals surface area (Å²) in [7, 11) is 0. The van der Waals surface area contributed by atoms with E-state index in [0.29, 0.717) is 13.2 Å². The molecule has 5 nitrogen and oxygen atoms in total. The fraction of sp³-hybridized carbons (Fsp3) is 0.333. The van der Waals surface area contributed by atoms with E-state index in [2.05, 4.69) is 15.0 Å². The summed E-state index contributed by atoms with van der Waals surface area (Å²) in [5.74, 6) is -0.328. The quantitative estimate of drug-likeness (QED) is 0.715. The molecule has 15 heavy (non-hydrogen) atoms. The van der Waals surface area contributed by atoms with E-state index >= 15 is 0 Å². The van der Waals surface area contributed by atoms with Gasteiger partial charge in [-0.3, -0.25) is 4.99 Å². The second kappa shape index (κ2) is 4.31. The standard InChI is InChI=1S/C9H9N3O2S/c1-2-14-9(13)7-11-5-6(12-7)8-10-3-4-15-8/h3-4H,2,5H2,1H3. The molecule has 0 aromatic carbocycles. The Hall–Kier alpha value is -1.56. The molecule has 0 atom stereocenters. The van der Waals surface area contributed by atoms with Gasteiger partial charge in [-0.1, -0.05) is 0 Å². The van der Waals surface area contributed by atoms with Crippen LogP contribution in [0.3, 0.4) is 0 Å². The predicted molar refractivity (Wildman–Crippen MR) is 57.6 cm³/mol. The van der Waals surface area contributed by atoms with Crippen LogP contribution in [0, 0.1) is 0 Å². The third-order valence-corrected chi connectivity index (χ3v) is 2.58. The number of amidine groups is 1. The van der Waals surface area contributed by atoms with Crippen molar-refractivity contribution >= 4 is 28.9 Å². The second-order valence-electron chi connectivity index (χ2n) is 2.76. The molecule has 0 amide bonds. The Labute approximate surface area is 90.5 Å². The maximum absolute atomic E-state index is 11.3. The summed E-state index contributed by atoms with van der Waals surface area (Å²) in [5, 5.41) is 2.67. The maximum Gasteiger partial charge on any atom is 0.375 e. The molecule has 1 aromatic heterocycles. The molecule has 6 heteroatoms. The Kier molecular flexibility index (Phi) is 2.86. The van der Waals surface area contributed by atoms with Gasteiger partial charge in [-0.15, -0.1) is 11.3 Å². The maximum atomic E-state index is 11.3. The monoisotopic (exact) mass is 223 g/mol. The molecule has 0 bridgehead atoms. The van der Waals surface area contributed by atoms with Gasteiger partial charge in [-0.05, 0) is 6.92 Å². The summed E-state index contributed by atoms with van der Waals surface area (Å²) in [5.41, 5.74) is 0.730. The number of ether oxygens (including phenoxy) is 1.